The SMILES string of the molecule is CCOC(=O)N1CCC(NC(N)=NCc2ccc(N3CCC(C)CC3)cc2)CC1.I. The van der Waals surface area contributed by atoms with E-state index in [2.05, 4.69) is 46.4 Å². The van der Waals surface area contributed by atoms with E-state index >= 15 is 0 Å². The summed E-state index contributed by atoms with van der Waals surface area (Å²) in [6, 6.07) is 8.91. The summed E-state index contributed by atoms with van der Waals surface area (Å²) < 4.78 is 5.05. The van der Waals surface area contributed by atoms with Crippen molar-refractivity contribution in [1.29, 1.82) is 0 Å². The summed E-state index contributed by atoms with van der Waals surface area (Å²) in [5.74, 6) is 1.31. The number of rotatable bonds is 5. The Hall–Kier alpha value is -1.71. The second kappa shape index (κ2) is 12.2. The minimum Gasteiger partial charge on any atom is -0.450 e. The maximum Gasteiger partial charge on any atom is 0.409 e. The van der Waals surface area contributed by atoms with Crippen LogP contribution in [0.15, 0.2) is 29.3 Å². The average molecular weight is 529 g/mol. The van der Waals surface area contributed by atoms with Crippen molar-refractivity contribution in [3.05, 3.63) is 29.8 Å². The van der Waals surface area contributed by atoms with Gasteiger partial charge in [-0.1, -0.05) is 19.1 Å². The Morgan fingerprint density at radius 1 is 1.13 bits per heavy atom. The molecule has 0 aromatic heterocycles. The third kappa shape index (κ3) is 7.21. The topological polar surface area (TPSA) is 83.2 Å². The molecular weight excluding hydrogens is 493 g/mol. The van der Waals surface area contributed by atoms with Gasteiger partial charge in [-0.2, -0.15) is 0 Å². The Kier molecular flexibility index (Phi) is 10.0. The Labute approximate surface area is 197 Å². The van der Waals surface area contributed by atoms with Crippen LogP contribution in [0.2, 0.25) is 0 Å². The predicted octanol–water partition coefficient (Wildman–Crippen LogP) is 3.57. The predicted molar refractivity (Wildman–Crippen MR) is 133 cm³/mol. The van der Waals surface area contributed by atoms with Gasteiger partial charge in [0.2, 0.25) is 0 Å². The molecule has 0 spiro atoms. The van der Waals surface area contributed by atoms with Crippen LogP contribution in [0.1, 0.15) is 45.1 Å². The number of hydrogen-bond acceptors (Lipinski definition) is 4. The Morgan fingerprint density at radius 2 is 1.77 bits per heavy atom. The van der Waals surface area contributed by atoms with Crippen LogP contribution >= 0.6 is 24.0 Å². The van der Waals surface area contributed by atoms with Crippen molar-refractivity contribution in [2.45, 2.75) is 52.1 Å². The van der Waals surface area contributed by atoms with Gasteiger partial charge < -0.3 is 25.6 Å². The van der Waals surface area contributed by atoms with Crippen LogP contribution in [0.25, 0.3) is 0 Å². The molecule has 0 saturated carbocycles. The highest BCUT2D eigenvalue weighted by Gasteiger charge is 2.23. The number of benzene rings is 1. The highest BCUT2D eigenvalue weighted by molar-refractivity contribution is 14.0. The van der Waals surface area contributed by atoms with E-state index in [0.717, 1.165) is 37.4 Å². The fourth-order valence-corrected chi connectivity index (χ4v) is 3.93. The number of carbonyl (C=O) groups is 1. The van der Waals surface area contributed by atoms with Crippen molar-refractivity contribution in [1.82, 2.24) is 10.2 Å². The molecule has 1 amide bonds. The van der Waals surface area contributed by atoms with Gasteiger partial charge in [0.25, 0.3) is 0 Å². The number of nitrogens with two attached hydrogens (primary N) is 1. The Bertz CT molecular complexity index is 681. The minimum absolute atomic E-state index is 0. The standard InChI is InChI=1S/C22H35N5O2.HI/c1-3-29-22(28)27-14-10-19(11-15-27)25-21(23)24-16-18-4-6-20(7-5-18)26-12-8-17(2)9-13-26;/h4-7,17,19H,3,8-16H2,1-2H3,(H3,23,24,25);1H. The minimum atomic E-state index is -0.227. The van der Waals surface area contributed by atoms with E-state index in [1.54, 1.807) is 4.90 Å². The summed E-state index contributed by atoms with van der Waals surface area (Å²) in [6.45, 7) is 8.79. The molecule has 0 unspecified atom stereocenters. The first-order chi connectivity index (χ1) is 14.0. The number of anilines is 1. The second-order valence-electron chi connectivity index (χ2n) is 8.14. The van der Waals surface area contributed by atoms with Crippen LogP contribution in [0, 0.1) is 5.92 Å². The zero-order chi connectivity index (χ0) is 20.6. The van der Waals surface area contributed by atoms with Gasteiger partial charge in [-0.25, -0.2) is 9.79 Å². The van der Waals surface area contributed by atoms with Gasteiger partial charge in [0, 0.05) is 37.9 Å². The molecule has 0 aliphatic carbocycles. The number of nitrogens with one attached hydrogen (secondary N) is 1. The lowest BCUT2D eigenvalue weighted by Crippen LogP contribution is -2.48. The lowest BCUT2D eigenvalue weighted by atomic mass is 9.99. The van der Waals surface area contributed by atoms with Crippen LogP contribution in [0.3, 0.4) is 0 Å². The molecule has 0 radical (unpaired) electrons. The molecule has 3 rings (SSSR count). The summed E-state index contributed by atoms with van der Waals surface area (Å²) in [5, 5.41) is 3.29. The molecule has 7 nitrogen and oxygen atoms in total. The first-order valence-corrected chi connectivity index (χ1v) is 10.9. The van der Waals surface area contributed by atoms with Crippen molar-refractivity contribution in [3.63, 3.8) is 0 Å². The third-order valence-corrected chi connectivity index (χ3v) is 5.89. The molecule has 8 heteroatoms. The van der Waals surface area contributed by atoms with Crippen molar-refractivity contribution >= 4 is 41.7 Å². The van der Waals surface area contributed by atoms with E-state index in [9.17, 15) is 4.79 Å². The van der Waals surface area contributed by atoms with E-state index in [1.165, 1.54) is 18.5 Å². The maximum absolute atomic E-state index is 11.8. The summed E-state index contributed by atoms with van der Waals surface area (Å²) in [4.78, 5) is 20.5. The lowest BCUT2D eigenvalue weighted by Gasteiger charge is -2.32. The van der Waals surface area contributed by atoms with Gasteiger partial charge in [-0.05, 0) is 56.2 Å². The van der Waals surface area contributed by atoms with Crippen molar-refractivity contribution < 1.29 is 9.53 Å². The van der Waals surface area contributed by atoms with Crippen molar-refractivity contribution in [2.24, 2.45) is 16.6 Å². The lowest BCUT2D eigenvalue weighted by molar-refractivity contribution is 0.0963. The molecule has 2 aliphatic heterocycles. The molecule has 2 fully saturated rings. The smallest absolute Gasteiger partial charge is 0.409 e. The summed E-state index contributed by atoms with van der Waals surface area (Å²) in [6.07, 6.45) is 4.01. The molecule has 2 aliphatic rings. The van der Waals surface area contributed by atoms with Gasteiger partial charge in [-0.15, -0.1) is 24.0 Å². The summed E-state index contributed by atoms with van der Waals surface area (Å²) in [7, 11) is 0. The number of aliphatic imine (C=N–C) groups is 1. The zero-order valence-corrected chi connectivity index (χ0v) is 20.5. The summed E-state index contributed by atoms with van der Waals surface area (Å²) >= 11 is 0. The van der Waals surface area contributed by atoms with E-state index in [0.29, 0.717) is 32.2 Å². The number of ether oxygens (including phenoxy) is 1. The highest BCUT2D eigenvalue weighted by Crippen LogP contribution is 2.23. The number of halogens is 1. The van der Waals surface area contributed by atoms with Gasteiger partial charge in [0.15, 0.2) is 5.96 Å². The number of amides is 1. The Balaban J connectivity index is 0.00000320. The largest absolute Gasteiger partial charge is 0.450 e. The number of likely N-dealkylation sites (tertiary alicyclic amines) is 1. The molecule has 1 aromatic carbocycles. The number of piperidine rings is 2. The maximum atomic E-state index is 11.8. The first kappa shape index (κ1) is 24.6. The Morgan fingerprint density at radius 3 is 2.37 bits per heavy atom. The van der Waals surface area contributed by atoms with Crippen molar-refractivity contribution in [2.75, 3.05) is 37.7 Å². The van der Waals surface area contributed by atoms with E-state index in [-0.39, 0.29) is 36.1 Å². The van der Waals surface area contributed by atoms with Gasteiger partial charge in [-0.3, -0.25) is 0 Å². The number of carbonyl (C=O) groups excluding carboxylic acids is 1. The van der Waals surface area contributed by atoms with Gasteiger partial charge in [0.05, 0.1) is 13.2 Å². The molecule has 168 valence electrons. The van der Waals surface area contributed by atoms with Crippen molar-refractivity contribution in [3.8, 4) is 0 Å². The van der Waals surface area contributed by atoms with Gasteiger partial charge >= 0.3 is 6.09 Å². The van der Waals surface area contributed by atoms with Crippen LogP contribution in [-0.4, -0.2) is 55.8 Å². The number of hydrogen-bond donors (Lipinski definition) is 2. The first-order valence-electron chi connectivity index (χ1n) is 10.9. The molecule has 1 aromatic rings. The molecule has 0 bridgehead atoms. The quantitative estimate of drug-likeness (QED) is 0.346. The van der Waals surface area contributed by atoms with Crippen LogP contribution in [-0.2, 0) is 11.3 Å². The molecular formula is C22H36IN5O2. The van der Waals surface area contributed by atoms with Crippen LogP contribution < -0.4 is 16.0 Å². The molecule has 30 heavy (non-hydrogen) atoms. The van der Waals surface area contributed by atoms with E-state index < -0.39 is 0 Å². The molecule has 0 atom stereocenters. The van der Waals surface area contributed by atoms with E-state index in [4.69, 9.17) is 10.5 Å². The molecule has 2 saturated heterocycles. The highest BCUT2D eigenvalue weighted by atomic mass is 127. The van der Waals surface area contributed by atoms with Crippen LogP contribution in [0.5, 0.6) is 0 Å². The van der Waals surface area contributed by atoms with Gasteiger partial charge in [0.1, 0.15) is 0 Å². The number of guanidine groups is 1. The summed E-state index contributed by atoms with van der Waals surface area (Å²) in [5.41, 5.74) is 8.53. The molecule has 2 heterocycles. The number of nitrogens with zero attached hydrogens (tertiary/aromatic N) is 3. The van der Waals surface area contributed by atoms with Crippen LogP contribution in [0.4, 0.5) is 10.5 Å². The fraction of sp³-hybridized carbons (Fsp3) is 0.636. The fourth-order valence-electron chi connectivity index (χ4n) is 3.93. The average Bonchev–Trinajstić information content (AvgIpc) is 2.74. The molecule has 3 N–H and O–H groups in total. The monoisotopic (exact) mass is 529 g/mol. The second-order valence-corrected chi connectivity index (χ2v) is 8.14. The zero-order valence-electron chi connectivity index (χ0n) is 18.2. The van der Waals surface area contributed by atoms with E-state index in [1.807, 2.05) is 6.92 Å². The third-order valence-electron chi connectivity index (χ3n) is 5.89. The normalized spacial score (nSPS) is 18.7.